The van der Waals surface area contributed by atoms with E-state index in [-0.39, 0.29) is 0 Å². The number of hydrogen-bond acceptors (Lipinski definition) is 3. The van der Waals surface area contributed by atoms with Crippen LogP contribution in [0.5, 0.6) is 0 Å². The number of carbonyl (C=O) groups is 1. The first-order chi connectivity index (χ1) is 9.43. The van der Waals surface area contributed by atoms with Crippen LogP contribution in [0.3, 0.4) is 0 Å². The van der Waals surface area contributed by atoms with Gasteiger partial charge >= 0.3 is 5.97 Å². The van der Waals surface area contributed by atoms with Gasteiger partial charge in [0.15, 0.2) is 0 Å². The van der Waals surface area contributed by atoms with Crippen molar-refractivity contribution in [3.63, 3.8) is 0 Å². The van der Waals surface area contributed by atoms with E-state index < -0.39 is 11.5 Å². The fourth-order valence-corrected chi connectivity index (χ4v) is 2.98. The van der Waals surface area contributed by atoms with Crippen LogP contribution in [0.25, 0.3) is 0 Å². The van der Waals surface area contributed by atoms with Crippen LogP contribution in [-0.4, -0.2) is 11.1 Å². The SMILES string of the molecule is Cc1ccc(C(C)(NCc2cccs2)C(=O)O)c(C)c1. The Morgan fingerprint density at radius 1 is 1.35 bits per heavy atom. The molecule has 0 fully saturated rings. The Hall–Kier alpha value is -1.65. The highest BCUT2D eigenvalue weighted by Gasteiger charge is 2.35. The predicted molar refractivity (Wildman–Crippen MR) is 82.1 cm³/mol. The molecular weight excluding hydrogens is 270 g/mol. The van der Waals surface area contributed by atoms with Crippen molar-refractivity contribution in [1.82, 2.24) is 5.32 Å². The summed E-state index contributed by atoms with van der Waals surface area (Å²) in [5, 5.41) is 14.8. The van der Waals surface area contributed by atoms with Crippen LogP contribution < -0.4 is 5.32 Å². The Morgan fingerprint density at radius 2 is 2.10 bits per heavy atom. The molecule has 1 unspecified atom stereocenters. The molecule has 0 aliphatic carbocycles. The van der Waals surface area contributed by atoms with Crippen LogP contribution in [0, 0.1) is 13.8 Å². The number of benzene rings is 1. The largest absolute Gasteiger partial charge is 0.480 e. The molecule has 1 atom stereocenters. The molecule has 1 aromatic heterocycles. The molecule has 0 bridgehead atoms. The number of thiophene rings is 1. The average molecular weight is 289 g/mol. The minimum absolute atomic E-state index is 0.549. The summed E-state index contributed by atoms with van der Waals surface area (Å²) in [7, 11) is 0. The minimum atomic E-state index is -1.08. The van der Waals surface area contributed by atoms with Crippen LogP contribution in [0.15, 0.2) is 35.7 Å². The molecule has 2 rings (SSSR count). The third-order valence-electron chi connectivity index (χ3n) is 3.54. The summed E-state index contributed by atoms with van der Waals surface area (Å²) < 4.78 is 0. The number of hydrogen-bond donors (Lipinski definition) is 2. The molecule has 2 N–H and O–H groups in total. The molecule has 20 heavy (non-hydrogen) atoms. The van der Waals surface area contributed by atoms with Crippen LogP contribution in [0.1, 0.15) is 28.5 Å². The van der Waals surface area contributed by atoms with Gasteiger partial charge in [0.25, 0.3) is 0 Å². The van der Waals surface area contributed by atoms with Crippen LogP contribution >= 0.6 is 11.3 Å². The first-order valence-corrected chi connectivity index (χ1v) is 7.40. The normalized spacial score (nSPS) is 13.9. The predicted octanol–water partition coefficient (Wildman–Crippen LogP) is 3.45. The van der Waals surface area contributed by atoms with Crippen molar-refractivity contribution >= 4 is 17.3 Å². The standard InChI is InChI=1S/C16H19NO2S/c1-11-6-7-14(12(2)9-11)16(3,15(18)19)17-10-13-5-4-8-20-13/h4-9,17H,10H2,1-3H3,(H,18,19). The number of carboxylic acids is 1. The van der Waals surface area contributed by atoms with Gasteiger partial charge in [-0.15, -0.1) is 11.3 Å². The van der Waals surface area contributed by atoms with E-state index >= 15 is 0 Å². The number of carboxylic acid groups (broad SMARTS) is 1. The van der Waals surface area contributed by atoms with Gasteiger partial charge in [0.2, 0.25) is 0 Å². The highest BCUT2D eigenvalue weighted by molar-refractivity contribution is 7.09. The topological polar surface area (TPSA) is 49.3 Å². The maximum Gasteiger partial charge on any atom is 0.328 e. The van der Waals surface area contributed by atoms with Crippen LogP contribution in [-0.2, 0) is 16.9 Å². The summed E-state index contributed by atoms with van der Waals surface area (Å²) in [6.45, 7) is 6.23. The first kappa shape index (κ1) is 14.8. The summed E-state index contributed by atoms with van der Waals surface area (Å²) >= 11 is 1.62. The third-order valence-corrected chi connectivity index (χ3v) is 4.42. The van der Waals surface area contributed by atoms with Gasteiger partial charge < -0.3 is 5.11 Å². The van der Waals surface area contributed by atoms with Crippen molar-refractivity contribution < 1.29 is 9.90 Å². The van der Waals surface area contributed by atoms with Crippen molar-refractivity contribution in [2.45, 2.75) is 32.9 Å². The smallest absolute Gasteiger partial charge is 0.328 e. The molecule has 3 nitrogen and oxygen atoms in total. The third kappa shape index (κ3) is 2.92. The van der Waals surface area contributed by atoms with Crippen molar-refractivity contribution in [3.8, 4) is 0 Å². The average Bonchev–Trinajstić information content (AvgIpc) is 2.88. The number of aryl methyl sites for hydroxylation is 2. The number of rotatable bonds is 5. The zero-order valence-electron chi connectivity index (χ0n) is 11.9. The second kappa shape index (κ2) is 5.77. The highest BCUT2D eigenvalue weighted by atomic mass is 32.1. The molecule has 0 aliphatic rings. The van der Waals surface area contributed by atoms with Gasteiger partial charge in [-0.05, 0) is 43.3 Å². The van der Waals surface area contributed by atoms with E-state index in [1.54, 1.807) is 18.3 Å². The second-order valence-corrected chi connectivity index (χ2v) is 6.21. The first-order valence-electron chi connectivity index (χ1n) is 6.52. The molecule has 0 spiro atoms. The minimum Gasteiger partial charge on any atom is -0.480 e. The number of aliphatic carboxylic acids is 1. The lowest BCUT2D eigenvalue weighted by molar-refractivity contribution is -0.144. The summed E-state index contributed by atoms with van der Waals surface area (Å²) in [5.41, 5.74) is 1.86. The molecule has 4 heteroatoms. The lowest BCUT2D eigenvalue weighted by Crippen LogP contribution is -2.46. The van der Waals surface area contributed by atoms with E-state index in [1.165, 1.54) is 0 Å². The Labute approximate surface area is 123 Å². The van der Waals surface area contributed by atoms with E-state index in [4.69, 9.17) is 0 Å². The monoisotopic (exact) mass is 289 g/mol. The summed E-state index contributed by atoms with van der Waals surface area (Å²) in [5.74, 6) is -0.860. The van der Waals surface area contributed by atoms with Gasteiger partial charge in [-0.25, -0.2) is 4.79 Å². The van der Waals surface area contributed by atoms with Gasteiger partial charge in [0.05, 0.1) is 0 Å². The Balaban J connectivity index is 2.31. The fourth-order valence-electron chi connectivity index (χ4n) is 2.34. The number of nitrogens with one attached hydrogen (secondary N) is 1. The van der Waals surface area contributed by atoms with Gasteiger partial charge in [-0.3, -0.25) is 5.32 Å². The molecule has 0 aliphatic heterocycles. The maximum atomic E-state index is 11.8. The molecule has 0 saturated carbocycles. The fraction of sp³-hybridized carbons (Fsp3) is 0.312. The van der Waals surface area contributed by atoms with Gasteiger partial charge in [-0.2, -0.15) is 0 Å². The second-order valence-electron chi connectivity index (χ2n) is 5.18. The van der Waals surface area contributed by atoms with Gasteiger partial charge in [0.1, 0.15) is 5.54 Å². The van der Waals surface area contributed by atoms with Crippen molar-refractivity contribution in [3.05, 3.63) is 57.3 Å². The van der Waals surface area contributed by atoms with E-state index in [9.17, 15) is 9.90 Å². The molecule has 0 amide bonds. The van der Waals surface area contributed by atoms with Crippen LogP contribution in [0.2, 0.25) is 0 Å². The van der Waals surface area contributed by atoms with E-state index in [1.807, 2.05) is 49.6 Å². The van der Waals surface area contributed by atoms with Gasteiger partial charge in [0, 0.05) is 11.4 Å². The zero-order valence-corrected chi connectivity index (χ0v) is 12.8. The lowest BCUT2D eigenvalue weighted by Gasteiger charge is -2.28. The Bertz CT molecular complexity index is 607. The molecular formula is C16H19NO2S. The van der Waals surface area contributed by atoms with Crippen molar-refractivity contribution in [2.24, 2.45) is 0 Å². The molecule has 1 aromatic carbocycles. The Kier molecular flexibility index (Phi) is 4.26. The van der Waals surface area contributed by atoms with Crippen molar-refractivity contribution in [2.75, 3.05) is 0 Å². The molecule has 0 saturated heterocycles. The van der Waals surface area contributed by atoms with Crippen LogP contribution in [0.4, 0.5) is 0 Å². The lowest BCUT2D eigenvalue weighted by atomic mass is 9.87. The quantitative estimate of drug-likeness (QED) is 0.886. The maximum absolute atomic E-state index is 11.8. The zero-order chi connectivity index (χ0) is 14.8. The van der Waals surface area contributed by atoms with E-state index in [0.717, 1.165) is 21.6 Å². The highest BCUT2D eigenvalue weighted by Crippen LogP contribution is 2.26. The summed E-state index contributed by atoms with van der Waals surface area (Å²) in [4.78, 5) is 12.9. The Morgan fingerprint density at radius 3 is 2.65 bits per heavy atom. The summed E-state index contributed by atoms with van der Waals surface area (Å²) in [6, 6.07) is 9.85. The molecule has 2 aromatic rings. The molecule has 1 heterocycles. The molecule has 0 radical (unpaired) electrons. The van der Waals surface area contributed by atoms with Gasteiger partial charge in [-0.1, -0.05) is 29.8 Å². The molecule has 106 valence electrons. The van der Waals surface area contributed by atoms with Crippen molar-refractivity contribution in [1.29, 1.82) is 0 Å². The summed E-state index contributed by atoms with van der Waals surface area (Å²) in [6.07, 6.45) is 0. The van der Waals surface area contributed by atoms with E-state index in [2.05, 4.69) is 5.32 Å². The van der Waals surface area contributed by atoms with E-state index in [0.29, 0.717) is 6.54 Å².